The average Bonchev–Trinajstić information content (AvgIpc) is 2.39. The average molecular weight is 235 g/mol. The molecule has 3 heteroatoms. The van der Waals surface area contributed by atoms with E-state index in [0.717, 1.165) is 38.7 Å². The molecule has 3 nitrogen and oxygen atoms in total. The van der Waals surface area contributed by atoms with E-state index >= 15 is 0 Å². The van der Waals surface area contributed by atoms with Crippen LogP contribution in [0.5, 0.6) is 0 Å². The molecular weight excluding hydrogens is 214 g/mol. The summed E-state index contributed by atoms with van der Waals surface area (Å²) in [6.45, 7) is 3.28. The highest BCUT2D eigenvalue weighted by atomic mass is 16.7. The molecule has 1 aliphatic rings. The first kappa shape index (κ1) is 14.0. The summed E-state index contributed by atoms with van der Waals surface area (Å²) in [7, 11) is 0. The molecule has 1 saturated heterocycles. The molecule has 0 N–H and O–H groups in total. The highest BCUT2D eigenvalue weighted by Crippen LogP contribution is 2.13. The van der Waals surface area contributed by atoms with Gasteiger partial charge >= 0.3 is 0 Å². The molecule has 1 rings (SSSR count). The minimum atomic E-state index is -0.0550. The van der Waals surface area contributed by atoms with E-state index in [4.69, 9.17) is 14.7 Å². The molecule has 0 bridgehead atoms. The van der Waals surface area contributed by atoms with Gasteiger partial charge in [-0.15, -0.1) is 5.92 Å². The van der Waals surface area contributed by atoms with E-state index in [2.05, 4.69) is 17.9 Å². The zero-order chi connectivity index (χ0) is 12.3. The summed E-state index contributed by atoms with van der Waals surface area (Å²) in [6.07, 6.45) is 5.79. The summed E-state index contributed by atoms with van der Waals surface area (Å²) in [5, 5.41) is 8.76. The third kappa shape index (κ3) is 6.31. The van der Waals surface area contributed by atoms with Crippen molar-refractivity contribution >= 4 is 0 Å². The Morgan fingerprint density at radius 2 is 2.29 bits per heavy atom. The standard InChI is InChI=1S/C14H21NO2/c1-2-13(12-15)8-4-3-6-10-16-14-9-5-7-11-17-14/h13-14H,2,4-5,7-11H2,1H3. The van der Waals surface area contributed by atoms with Crippen molar-refractivity contribution in [3.8, 4) is 17.9 Å². The van der Waals surface area contributed by atoms with Crippen molar-refractivity contribution in [2.75, 3.05) is 13.2 Å². The van der Waals surface area contributed by atoms with Gasteiger partial charge in [0, 0.05) is 18.9 Å². The van der Waals surface area contributed by atoms with Gasteiger partial charge in [0.05, 0.1) is 6.07 Å². The lowest BCUT2D eigenvalue weighted by Crippen LogP contribution is -2.22. The lowest BCUT2D eigenvalue weighted by atomic mass is 10.0. The van der Waals surface area contributed by atoms with Crippen molar-refractivity contribution in [1.29, 1.82) is 5.26 Å². The Hall–Kier alpha value is -1.03. The Bertz CT molecular complexity index is 292. The first-order valence-corrected chi connectivity index (χ1v) is 6.45. The topological polar surface area (TPSA) is 42.2 Å². The molecule has 1 fully saturated rings. The molecule has 2 atom stereocenters. The molecule has 2 unspecified atom stereocenters. The lowest BCUT2D eigenvalue weighted by Gasteiger charge is -2.21. The fourth-order valence-electron chi connectivity index (χ4n) is 1.72. The smallest absolute Gasteiger partial charge is 0.158 e. The van der Waals surface area contributed by atoms with Crippen LogP contribution in [0, 0.1) is 29.1 Å². The number of hydrogen-bond donors (Lipinski definition) is 0. The zero-order valence-electron chi connectivity index (χ0n) is 10.6. The van der Waals surface area contributed by atoms with Crippen LogP contribution in [0.4, 0.5) is 0 Å². The quantitative estimate of drug-likeness (QED) is 0.688. The summed E-state index contributed by atoms with van der Waals surface area (Å²) in [5.41, 5.74) is 0. The second kappa shape index (κ2) is 9.05. The number of ether oxygens (including phenoxy) is 2. The second-order valence-corrected chi connectivity index (χ2v) is 4.23. The van der Waals surface area contributed by atoms with E-state index < -0.39 is 0 Å². The highest BCUT2D eigenvalue weighted by Gasteiger charge is 2.12. The van der Waals surface area contributed by atoms with Crippen LogP contribution in [0.1, 0.15) is 45.4 Å². The van der Waals surface area contributed by atoms with E-state index in [1.807, 2.05) is 6.92 Å². The summed E-state index contributed by atoms with van der Waals surface area (Å²) in [6, 6.07) is 2.28. The molecule has 94 valence electrons. The van der Waals surface area contributed by atoms with Crippen LogP contribution in [0.3, 0.4) is 0 Å². The van der Waals surface area contributed by atoms with Crippen LogP contribution in [-0.2, 0) is 9.47 Å². The minimum Gasteiger partial charge on any atom is -0.353 e. The van der Waals surface area contributed by atoms with Gasteiger partial charge in [-0.2, -0.15) is 5.26 Å². The first-order valence-electron chi connectivity index (χ1n) is 6.45. The summed E-state index contributed by atoms with van der Waals surface area (Å²) >= 11 is 0. The Morgan fingerprint density at radius 1 is 1.41 bits per heavy atom. The van der Waals surface area contributed by atoms with Gasteiger partial charge in [0.2, 0.25) is 0 Å². The van der Waals surface area contributed by atoms with Gasteiger partial charge in [0.25, 0.3) is 0 Å². The van der Waals surface area contributed by atoms with Crippen LogP contribution < -0.4 is 0 Å². The molecule has 1 aliphatic heterocycles. The fraction of sp³-hybridized carbons (Fsp3) is 0.786. The molecule has 17 heavy (non-hydrogen) atoms. The maximum Gasteiger partial charge on any atom is 0.158 e. The second-order valence-electron chi connectivity index (χ2n) is 4.23. The molecule has 0 aromatic carbocycles. The normalized spacial score (nSPS) is 21.1. The van der Waals surface area contributed by atoms with Gasteiger partial charge in [-0.3, -0.25) is 0 Å². The Balaban J connectivity index is 2.04. The van der Waals surface area contributed by atoms with Crippen LogP contribution in [0.15, 0.2) is 0 Å². The maximum atomic E-state index is 8.76. The van der Waals surface area contributed by atoms with Gasteiger partial charge in [-0.1, -0.05) is 12.8 Å². The molecule has 1 heterocycles. The summed E-state index contributed by atoms with van der Waals surface area (Å²) < 4.78 is 10.9. The first-order chi connectivity index (χ1) is 8.36. The Labute approximate surface area is 104 Å². The van der Waals surface area contributed by atoms with Crippen molar-refractivity contribution in [3.05, 3.63) is 0 Å². The van der Waals surface area contributed by atoms with Crippen molar-refractivity contribution < 1.29 is 9.47 Å². The third-order valence-electron chi connectivity index (χ3n) is 2.90. The van der Waals surface area contributed by atoms with Crippen LogP contribution in [0.2, 0.25) is 0 Å². The molecule has 0 spiro atoms. The van der Waals surface area contributed by atoms with Gasteiger partial charge in [-0.25, -0.2) is 0 Å². The fourth-order valence-corrected chi connectivity index (χ4v) is 1.72. The zero-order valence-corrected chi connectivity index (χ0v) is 10.6. The summed E-state index contributed by atoms with van der Waals surface area (Å²) in [4.78, 5) is 0. The molecule has 0 amide bonds. The Kier molecular flexibility index (Phi) is 7.47. The predicted octanol–water partition coefficient (Wildman–Crippen LogP) is 2.86. The van der Waals surface area contributed by atoms with E-state index in [-0.39, 0.29) is 12.2 Å². The van der Waals surface area contributed by atoms with Crippen molar-refractivity contribution in [3.63, 3.8) is 0 Å². The SMILES string of the molecule is CCC(C#N)CCC#CCOC1CCCCO1. The van der Waals surface area contributed by atoms with Crippen molar-refractivity contribution in [2.24, 2.45) is 5.92 Å². The van der Waals surface area contributed by atoms with E-state index in [0.29, 0.717) is 6.61 Å². The van der Waals surface area contributed by atoms with Crippen molar-refractivity contribution in [2.45, 2.75) is 51.7 Å². The van der Waals surface area contributed by atoms with Gasteiger partial charge in [0.1, 0.15) is 6.61 Å². The minimum absolute atomic E-state index is 0.0550. The number of rotatable bonds is 5. The molecule has 0 saturated carbocycles. The van der Waals surface area contributed by atoms with E-state index in [9.17, 15) is 0 Å². The molecular formula is C14H21NO2. The van der Waals surface area contributed by atoms with Crippen molar-refractivity contribution in [1.82, 2.24) is 0 Å². The van der Waals surface area contributed by atoms with Gasteiger partial charge in [-0.05, 0) is 32.1 Å². The van der Waals surface area contributed by atoms with E-state index in [1.165, 1.54) is 6.42 Å². The number of hydrogen-bond acceptors (Lipinski definition) is 3. The molecule has 0 aliphatic carbocycles. The van der Waals surface area contributed by atoms with Crippen LogP contribution >= 0.6 is 0 Å². The molecule has 0 aromatic heterocycles. The Morgan fingerprint density at radius 3 is 2.94 bits per heavy atom. The molecule has 0 radical (unpaired) electrons. The lowest BCUT2D eigenvalue weighted by molar-refractivity contribution is -0.154. The highest BCUT2D eigenvalue weighted by molar-refractivity contribution is 5.00. The van der Waals surface area contributed by atoms with Crippen LogP contribution in [0.25, 0.3) is 0 Å². The molecule has 0 aromatic rings. The predicted molar refractivity (Wildman–Crippen MR) is 65.9 cm³/mol. The van der Waals surface area contributed by atoms with E-state index in [1.54, 1.807) is 0 Å². The number of nitrogens with zero attached hydrogens (tertiary/aromatic N) is 1. The van der Waals surface area contributed by atoms with Gasteiger partial charge < -0.3 is 9.47 Å². The van der Waals surface area contributed by atoms with Crippen LogP contribution in [-0.4, -0.2) is 19.5 Å². The largest absolute Gasteiger partial charge is 0.353 e. The maximum absolute atomic E-state index is 8.76. The monoisotopic (exact) mass is 235 g/mol. The number of nitriles is 1. The van der Waals surface area contributed by atoms with Gasteiger partial charge in [0.15, 0.2) is 6.29 Å². The summed E-state index contributed by atoms with van der Waals surface area (Å²) in [5.74, 6) is 6.16. The third-order valence-corrected chi connectivity index (χ3v) is 2.90.